The third-order valence-electron chi connectivity index (χ3n) is 6.71. The molecule has 2 aliphatic carbocycles. The predicted octanol–water partition coefficient (Wildman–Crippen LogP) is 3.83. The summed E-state index contributed by atoms with van der Waals surface area (Å²) in [7, 11) is 0. The smallest absolute Gasteiger partial charge is 0.338 e. The number of benzene rings is 1. The van der Waals surface area contributed by atoms with Gasteiger partial charge in [0, 0.05) is 10.9 Å². The summed E-state index contributed by atoms with van der Waals surface area (Å²) in [4.78, 5) is 53.1. The lowest BCUT2D eigenvalue weighted by molar-refractivity contribution is -0.119. The lowest BCUT2D eigenvalue weighted by Crippen LogP contribution is -2.40. The minimum absolute atomic E-state index is 0.0998. The van der Waals surface area contributed by atoms with Crippen LogP contribution < -0.4 is 5.32 Å². The molecular weight excluding hydrogens is 454 g/mol. The molecule has 0 radical (unpaired) electrons. The summed E-state index contributed by atoms with van der Waals surface area (Å²) in [6, 6.07) is 6.34. The van der Waals surface area contributed by atoms with E-state index in [1.54, 1.807) is 0 Å². The van der Waals surface area contributed by atoms with Gasteiger partial charge in [0.25, 0.3) is 17.7 Å². The second kappa shape index (κ2) is 9.03. The van der Waals surface area contributed by atoms with Gasteiger partial charge in [-0.05, 0) is 55.9 Å². The molecule has 1 saturated carbocycles. The van der Waals surface area contributed by atoms with Crippen LogP contribution in [-0.2, 0) is 22.4 Å². The Labute approximate surface area is 200 Å². The van der Waals surface area contributed by atoms with Crippen molar-refractivity contribution in [3.63, 3.8) is 0 Å². The SMILES string of the molecule is N#Cc1c(NC(=O)COC(=O)c2ccc3c(c2)C(=O)N(C2CCCCC2)C3=O)sc2c1CCC2. The van der Waals surface area contributed by atoms with Crippen molar-refractivity contribution in [3.05, 3.63) is 50.9 Å². The summed E-state index contributed by atoms with van der Waals surface area (Å²) < 4.78 is 5.14. The van der Waals surface area contributed by atoms with Crippen LogP contribution in [0.3, 0.4) is 0 Å². The van der Waals surface area contributed by atoms with E-state index in [2.05, 4.69) is 11.4 Å². The number of nitrogens with one attached hydrogen (secondary N) is 1. The quantitative estimate of drug-likeness (QED) is 0.517. The average Bonchev–Trinajstić information content (AvgIpc) is 3.50. The number of rotatable bonds is 5. The highest BCUT2D eigenvalue weighted by atomic mass is 32.1. The van der Waals surface area contributed by atoms with Crippen molar-refractivity contribution in [2.75, 3.05) is 11.9 Å². The molecule has 0 saturated heterocycles. The second-order valence-electron chi connectivity index (χ2n) is 8.83. The number of imide groups is 1. The summed E-state index contributed by atoms with van der Waals surface area (Å²) >= 11 is 1.39. The Hall–Kier alpha value is -3.51. The minimum Gasteiger partial charge on any atom is -0.452 e. The van der Waals surface area contributed by atoms with Crippen molar-refractivity contribution in [2.45, 2.75) is 57.4 Å². The fourth-order valence-electron chi connectivity index (χ4n) is 5.05. The van der Waals surface area contributed by atoms with Gasteiger partial charge < -0.3 is 10.1 Å². The van der Waals surface area contributed by atoms with Crippen molar-refractivity contribution >= 4 is 40.0 Å². The van der Waals surface area contributed by atoms with Gasteiger partial charge in [0.2, 0.25) is 0 Å². The number of anilines is 1. The van der Waals surface area contributed by atoms with E-state index in [9.17, 15) is 24.4 Å². The van der Waals surface area contributed by atoms with Gasteiger partial charge in [-0.25, -0.2) is 4.79 Å². The highest BCUT2D eigenvalue weighted by molar-refractivity contribution is 7.16. The van der Waals surface area contributed by atoms with Crippen molar-refractivity contribution in [2.24, 2.45) is 0 Å². The van der Waals surface area contributed by atoms with Gasteiger partial charge in [0.05, 0.1) is 22.3 Å². The van der Waals surface area contributed by atoms with E-state index >= 15 is 0 Å². The van der Waals surface area contributed by atoms with Crippen LogP contribution >= 0.6 is 11.3 Å². The first-order valence-electron chi connectivity index (χ1n) is 11.5. The zero-order valence-corrected chi connectivity index (χ0v) is 19.3. The first-order chi connectivity index (χ1) is 16.5. The van der Waals surface area contributed by atoms with Gasteiger partial charge in [-0.15, -0.1) is 11.3 Å². The number of hydrogen-bond acceptors (Lipinski definition) is 7. The molecule has 0 spiro atoms. The van der Waals surface area contributed by atoms with Gasteiger partial charge in [0.15, 0.2) is 6.61 Å². The van der Waals surface area contributed by atoms with Crippen molar-refractivity contribution in [1.82, 2.24) is 4.90 Å². The molecule has 3 amide bonds. The van der Waals surface area contributed by atoms with Gasteiger partial charge in [0.1, 0.15) is 11.1 Å². The number of aryl methyl sites for hydroxylation is 1. The van der Waals surface area contributed by atoms with Crippen LogP contribution in [0.4, 0.5) is 5.00 Å². The molecule has 34 heavy (non-hydrogen) atoms. The number of carbonyl (C=O) groups is 4. The zero-order chi connectivity index (χ0) is 23.8. The number of amides is 3. The normalized spacial score (nSPS) is 17.3. The molecule has 1 fully saturated rings. The van der Waals surface area contributed by atoms with E-state index in [0.29, 0.717) is 16.1 Å². The first-order valence-corrected chi connectivity index (χ1v) is 12.3. The maximum Gasteiger partial charge on any atom is 0.338 e. The fraction of sp³-hybridized carbons (Fsp3) is 0.400. The third-order valence-corrected chi connectivity index (χ3v) is 7.92. The number of esters is 1. The molecule has 1 N–H and O–H groups in total. The monoisotopic (exact) mass is 477 g/mol. The van der Waals surface area contributed by atoms with E-state index in [1.165, 1.54) is 34.4 Å². The van der Waals surface area contributed by atoms with E-state index < -0.39 is 18.5 Å². The van der Waals surface area contributed by atoms with Crippen molar-refractivity contribution < 1.29 is 23.9 Å². The Balaban J connectivity index is 1.23. The molecule has 1 aromatic heterocycles. The lowest BCUT2D eigenvalue weighted by atomic mass is 9.94. The zero-order valence-electron chi connectivity index (χ0n) is 18.5. The first kappa shape index (κ1) is 22.3. The van der Waals surface area contributed by atoms with Crippen LogP contribution in [0.2, 0.25) is 0 Å². The summed E-state index contributed by atoms with van der Waals surface area (Å²) in [6.45, 7) is -0.523. The summed E-state index contributed by atoms with van der Waals surface area (Å²) in [6.07, 6.45) is 7.43. The number of carbonyl (C=O) groups excluding carboxylic acids is 4. The number of hydrogen-bond donors (Lipinski definition) is 1. The molecular formula is C25H23N3O5S. The summed E-state index contributed by atoms with van der Waals surface area (Å²) in [5, 5.41) is 12.6. The second-order valence-corrected chi connectivity index (χ2v) is 9.94. The topological polar surface area (TPSA) is 117 Å². The van der Waals surface area contributed by atoms with Crippen molar-refractivity contribution in [1.29, 1.82) is 5.26 Å². The highest BCUT2D eigenvalue weighted by Gasteiger charge is 2.40. The molecule has 2 heterocycles. The van der Waals surface area contributed by atoms with E-state index in [1.807, 2.05) is 0 Å². The van der Waals surface area contributed by atoms with Gasteiger partial charge in [-0.1, -0.05) is 19.3 Å². The molecule has 174 valence electrons. The minimum atomic E-state index is -0.761. The molecule has 0 unspecified atom stereocenters. The Kier molecular flexibility index (Phi) is 5.92. The van der Waals surface area contributed by atoms with Crippen LogP contribution in [0.15, 0.2) is 18.2 Å². The molecule has 0 bridgehead atoms. The number of ether oxygens (including phenoxy) is 1. The number of thiophene rings is 1. The van der Waals surface area contributed by atoms with E-state index in [-0.39, 0.29) is 29.0 Å². The van der Waals surface area contributed by atoms with Gasteiger partial charge >= 0.3 is 5.97 Å². The van der Waals surface area contributed by atoms with Crippen molar-refractivity contribution in [3.8, 4) is 6.07 Å². The third kappa shape index (κ3) is 3.88. The number of fused-ring (bicyclic) bond motifs is 2. The Morgan fingerprint density at radius 2 is 1.85 bits per heavy atom. The predicted molar refractivity (Wildman–Crippen MR) is 124 cm³/mol. The van der Waals surface area contributed by atoms with E-state index in [4.69, 9.17) is 4.74 Å². The molecule has 2 aromatic rings. The summed E-state index contributed by atoms with van der Waals surface area (Å²) in [5.41, 5.74) is 2.08. The Bertz CT molecular complexity index is 1250. The average molecular weight is 478 g/mol. The van der Waals surface area contributed by atoms with Crippen LogP contribution in [0.5, 0.6) is 0 Å². The maximum atomic E-state index is 12.9. The molecule has 1 aromatic carbocycles. The van der Waals surface area contributed by atoms with E-state index in [0.717, 1.165) is 61.8 Å². The highest BCUT2D eigenvalue weighted by Crippen LogP contribution is 2.38. The van der Waals surface area contributed by atoms with Gasteiger partial charge in [-0.2, -0.15) is 5.26 Å². The molecule has 9 heteroatoms. The molecule has 0 atom stereocenters. The Morgan fingerprint density at radius 3 is 2.62 bits per heavy atom. The van der Waals surface area contributed by atoms with Gasteiger partial charge in [-0.3, -0.25) is 19.3 Å². The lowest BCUT2D eigenvalue weighted by Gasteiger charge is -2.29. The largest absolute Gasteiger partial charge is 0.452 e. The van der Waals surface area contributed by atoms with Crippen LogP contribution in [0, 0.1) is 11.3 Å². The fourth-order valence-corrected chi connectivity index (χ4v) is 6.30. The standard InChI is InChI=1S/C25H23N3O5S/c26-12-19-16-7-4-8-20(16)34-22(19)27-21(29)13-33-25(32)14-9-10-17-18(11-14)24(31)28(23(17)30)15-5-2-1-3-6-15/h9-11,15H,1-8,13H2,(H,27,29). The summed E-state index contributed by atoms with van der Waals surface area (Å²) in [5.74, 6) is -2.00. The van der Waals surface area contributed by atoms with Crippen LogP contribution in [0.25, 0.3) is 0 Å². The van der Waals surface area contributed by atoms with Crippen LogP contribution in [-0.4, -0.2) is 41.2 Å². The number of nitriles is 1. The Morgan fingerprint density at radius 1 is 1.09 bits per heavy atom. The number of nitrogens with zero attached hydrogens (tertiary/aromatic N) is 2. The van der Waals surface area contributed by atoms with Crippen LogP contribution in [0.1, 0.15) is 85.6 Å². The molecule has 8 nitrogen and oxygen atoms in total. The molecule has 1 aliphatic heterocycles. The molecule has 3 aliphatic rings. The molecule has 5 rings (SSSR count). The maximum absolute atomic E-state index is 12.9.